The number of rotatable bonds is 30. The van der Waals surface area contributed by atoms with Gasteiger partial charge in [-0.15, -0.1) is 0 Å². The lowest BCUT2D eigenvalue weighted by Gasteiger charge is -2.30. The van der Waals surface area contributed by atoms with Crippen molar-refractivity contribution in [3.8, 4) is 0 Å². The van der Waals surface area contributed by atoms with Crippen LogP contribution < -0.4 is 0 Å². The van der Waals surface area contributed by atoms with E-state index in [-0.39, 0.29) is 0 Å². The molecule has 0 spiro atoms. The van der Waals surface area contributed by atoms with Crippen LogP contribution in [0.3, 0.4) is 0 Å². The first-order chi connectivity index (χ1) is 21.3. The van der Waals surface area contributed by atoms with Gasteiger partial charge in [-0.1, -0.05) is 182 Å². The monoisotopic (exact) mass is 629 g/mol. The highest BCUT2D eigenvalue weighted by Crippen LogP contribution is 2.37. The summed E-state index contributed by atoms with van der Waals surface area (Å²) in [6.07, 6.45) is 35.5. The lowest BCUT2D eigenvalue weighted by Crippen LogP contribution is -2.17. The second-order valence-electron chi connectivity index (χ2n) is 17.4. The lowest BCUT2D eigenvalue weighted by atomic mass is 9.75. The SMILES string of the molecule is CCC(CC)(C/C=C(\C)CCCC(C)CCCC(C)CCCC(C)C)C/C=C(\C)CCCC(C)CCCC(C)CCCC(C)C. The summed E-state index contributed by atoms with van der Waals surface area (Å²) in [5.41, 5.74) is 3.71. The molecule has 4 atom stereocenters. The average Bonchev–Trinajstić information content (AvgIpc) is 2.97. The van der Waals surface area contributed by atoms with E-state index < -0.39 is 0 Å². The number of allylic oxidation sites excluding steroid dienone is 4. The van der Waals surface area contributed by atoms with E-state index >= 15 is 0 Å². The Labute approximate surface area is 287 Å². The van der Waals surface area contributed by atoms with Crippen LogP contribution in [0.4, 0.5) is 0 Å². The Balaban J connectivity index is 4.33. The summed E-state index contributed by atoms with van der Waals surface area (Å²) in [6.45, 7) is 29.0. The van der Waals surface area contributed by atoms with Gasteiger partial charge in [-0.05, 0) is 106 Å². The molecule has 0 saturated heterocycles. The van der Waals surface area contributed by atoms with Gasteiger partial charge in [0.05, 0.1) is 0 Å². The van der Waals surface area contributed by atoms with E-state index in [0.717, 1.165) is 35.5 Å². The molecule has 0 aromatic rings. The molecule has 45 heavy (non-hydrogen) atoms. The fourth-order valence-electron chi connectivity index (χ4n) is 7.31. The molecule has 0 rings (SSSR count). The van der Waals surface area contributed by atoms with Crippen LogP contribution in [0.15, 0.2) is 23.3 Å². The molecule has 0 heteroatoms. The fourth-order valence-corrected chi connectivity index (χ4v) is 7.31. The molecular weight excluding hydrogens is 540 g/mol. The van der Waals surface area contributed by atoms with Crippen molar-refractivity contribution in [1.82, 2.24) is 0 Å². The van der Waals surface area contributed by atoms with Crippen LogP contribution in [0.5, 0.6) is 0 Å². The van der Waals surface area contributed by atoms with E-state index in [4.69, 9.17) is 0 Å². The van der Waals surface area contributed by atoms with Crippen molar-refractivity contribution >= 4 is 0 Å². The minimum atomic E-state index is 0.445. The predicted molar refractivity (Wildman–Crippen MR) is 209 cm³/mol. The molecule has 4 unspecified atom stereocenters. The van der Waals surface area contributed by atoms with Crippen molar-refractivity contribution in [3.05, 3.63) is 23.3 Å². The standard InChI is InChI=1S/C45H88/c1-13-45(14-2,35-33-43(11)31-19-29-41(9)27-17-25-39(7)23-15-21-37(3)4)36-34-44(12)32-20-30-42(10)28-18-26-40(8)24-16-22-38(5)6/h33-34,37-42H,13-32,35-36H2,1-12H3/b43-33+,44-34+. The molecule has 0 aliphatic rings. The third-order valence-corrected chi connectivity index (χ3v) is 11.5. The molecule has 0 aromatic heterocycles. The van der Waals surface area contributed by atoms with Gasteiger partial charge in [0, 0.05) is 0 Å². The van der Waals surface area contributed by atoms with Crippen LogP contribution in [-0.2, 0) is 0 Å². The highest BCUT2D eigenvalue weighted by molar-refractivity contribution is 5.05. The van der Waals surface area contributed by atoms with Crippen LogP contribution in [0, 0.1) is 40.9 Å². The highest BCUT2D eigenvalue weighted by atomic mass is 14.3. The maximum atomic E-state index is 2.62. The van der Waals surface area contributed by atoms with E-state index in [0.29, 0.717) is 5.41 Å². The highest BCUT2D eigenvalue weighted by Gasteiger charge is 2.23. The van der Waals surface area contributed by atoms with E-state index in [1.54, 1.807) is 11.1 Å². The van der Waals surface area contributed by atoms with Crippen molar-refractivity contribution in [1.29, 1.82) is 0 Å². The Hall–Kier alpha value is -0.520. The van der Waals surface area contributed by atoms with E-state index in [1.807, 2.05) is 0 Å². The second-order valence-corrected chi connectivity index (χ2v) is 17.4. The van der Waals surface area contributed by atoms with Gasteiger partial charge in [0.25, 0.3) is 0 Å². The Bertz CT molecular complexity index is 658. The van der Waals surface area contributed by atoms with Gasteiger partial charge in [-0.2, -0.15) is 0 Å². The van der Waals surface area contributed by atoms with Gasteiger partial charge in [-0.25, -0.2) is 0 Å². The summed E-state index contributed by atoms with van der Waals surface area (Å²) >= 11 is 0. The van der Waals surface area contributed by atoms with Crippen LogP contribution >= 0.6 is 0 Å². The Morgan fingerprint density at radius 2 is 0.689 bits per heavy atom. The summed E-state index contributed by atoms with van der Waals surface area (Å²) in [7, 11) is 0. The summed E-state index contributed by atoms with van der Waals surface area (Å²) < 4.78 is 0. The quantitative estimate of drug-likeness (QED) is 0.0694. The Morgan fingerprint density at radius 1 is 0.422 bits per heavy atom. The second kappa shape index (κ2) is 27.4. The molecule has 0 aliphatic heterocycles. The molecular formula is C45H88. The van der Waals surface area contributed by atoms with Crippen molar-refractivity contribution in [2.24, 2.45) is 40.9 Å². The maximum Gasteiger partial charge on any atom is -0.0233 e. The zero-order chi connectivity index (χ0) is 34.1. The molecule has 0 aliphatic carbocycles. The minimum Gasteiger partial charge on any atom is -0.0850 e. The first-order valence-electron chi connectivity index (χ1n) is 20.6. The van der Waals surface area contributed by atoms with Crippen molar-refractivity contribution in [3.63, 3.8) is 0 Å². The topological polar surface area (TPSA) is 0 Å². The predicted octanol–water partition coefficient (Wildman–Crippen LogP) is 16.3. The van der Waals surface area contributed by atoms with Gasteiger partial charge in [0.1, 0.15) is 0 Å². The third-order valence-electron chi connectivity index (χ3n) is 11.5. The van der Waals surface area contributed by atoms with Gasteiger partial charge in [-0.3, -0.25) is 0 Å². The third kappa shape index (κ3) is 26.2. The minimum absolute atomic E-state index is 0.445. The van der Waals surface area contributed by atoms with Crippen molar-refractivity contribution < 1.29 is 0 Å². The largest absolute Gasteiger partial charge is 0.0850 e. The first kappa shape index (κ1) is 44.5. The normalized spacial score (nSPS) is 16.0. The summed E-state index contributed by atoms with van der Waals surface area (Å²) in [5, 5.41) is 0. The first-order valence-corrected chi connectivity index (χ1v) is 20.6. The summed E-state index contributed by atoms with van der Waals surface area (Å²) in [6, 6.07) is 0. The molecule has 0 fully saturated rings. The lowest BCUT2D eigenvalue weighted by molar-refractivity contribution is 0.267. The molecule has 0 N–H and O–H groups in total. The fraction of sp³-hybridized carbons (Fsp3) is 0.911. The summed E-state index contributed by atoms with van der Waals surface area (Å²) in [5.74, 6) is 5.33. The van der Waals surface area contributed by atoms with Crippen LogP contribution in [0.1, 0.15) is 224 Å². The van der Waals surface area contributed by atoms with Crippen molar-refractivity contribution in [2.45, 2.75) is 224 Å². The van der Waals surface area contributed by atoms with Crippen molar-refractivity contribution in [2.75, 3.05) is 0 Å². The van der Waals surface area contributed by atoms with Crippen LogP contribution in [0.2, 0.25) is 0 Å². The number of hydrogen-bond donors (Lipinski definition) is 0. The smallest absolute Gasteiger partial charge is 0.0233 e. The van der Waals surface area contributed by atoms with Gasteiger partial charge < -0.3 is 0 Å². The Morgan fingerprint density at radius 3 is 0.956 bits per heavy atom. The molecule has 0 heterocycles. The van der Waals surface area contributed by atoms with Crippen LogP contribution in [0.25, 0.3) is 0 Å². The van der Waals surface area contributed by atoms with E-state index in [2.05, 4.69) is 95.2 Å². The molecule has 0 radical (unpaired) electrons. The van der Waals surface area contributed by atoms with Gasteiger partial charge >= 0.3 is 0 Å². The average molecular weight is 629 g/mol. The molecule has 0 bridgehead atoms. The van der Waals surface area contributed by atoms with E-state index in [1.165, 1.54) is 141 Å². The van der Waals surface area contributed by atoms with Gasteiger partial charge in [0.15, 0.2) is 0 Å². The molecule has 268 valence electrons. The summed E-state index contributed by atoms with van der Waals surface area (Å²) in [4.78, 5) is 0. The zero-order valence-corrected chi connectivity index (χ0v) is 33.7. The molecule has 0 nitrogen and oxygen atoms in total. The Kier molecular flexibility index (Phi) is 27.1. The molecule has 0 aromatic carbocycles. The molecule has 0 amide bonds. The van der Waals surface area contributed by atoms with Crippen LogP contribution in [-0.4, -0.2) is 0 Å². The maximum absolute atomic E-state index is 2.62. The number of hydrogen-bond acceptors (Lipinski definition) is 0. The molecule has 0 saturated carbocycles. The van der Waals surface area contributed by atoms with Gasteiger partial charge in [0.2, 0.25) is 0 Å². The van der Waals surface area contributed by atoms with E-state index in [9.17, 15) is 0 Å². The zero-order valence-electron chi connectivity index (χ0n) is 33.7.